The normalized spacial score (nSPS) is 10.7. The van der Waals surface area contributed by atoms with Gasteiger partial charge >= 0.3 is 6.03 Å². The maximum absolute atomic E-state index is 12.0. The molecule has 0 aromatic carbocycles. The molecule has 0 radical (unpaired) electrons. The number of fused-ring (bicyclic) bond motifs is 1. The molecule has 3 aromatic heterocycles. The standard InChI is InChI=1S/C15H14N4O/c1-2-17-15(20)19-7-5-12-10-18-13(8-14(12)19)11-4-3-6-16-9-11/h3-10H,2H2,1H3,(H,17,20). The molecule has 0 bridgehead atoms. The Hall–Kier alpha value is -2.69. The minimum Gasteiger partial charge on any atom is -0.338 e. The van der Waals surface area contributed by atoms with Crippen LogP contribution in [0.4, 0.5) is 4.79 Å². The third-order valence-electron chi connectivity index (χ3n) is 3.08. The van der Waals surface area contributed by atoms with E-state index in [0.29, 0.717) is 6.54 Å². The first-order valence-electron chi connectivity index (χ1n) is 6.45. The van der Waals surface area contributed by atoms with Crippen LogP contribution in [0.25, 0.3) is 22.2 Å². The van der Waals surface area contributed by atoms with E-state index in [0.717, 1.165) is 22.2 Å². The van der Waals surface area contributed by atoms with Gasteiger partial charge < -0.3 is 5.32 Å². The summed E-state index contributed by atoms with van der Waals surface area (Å²) in [6.45, 7) is 2.49. The van der Waals surface area contributed by atoms with Crippen molar-refractivity contribution in [2.75, 3.05) is 6.54 Å². The third-order valence-corrected chi connectivity index (χ3v) is 3.08. The summed E-state index contributed by atoms with van der Waals surface area (Å²) in [7, 11) is 0. The fourth-order valence-electron chi connectivity index (χ4n) is 2.11. The summed E-state index contributed by atoms with van der Waals surface area (Å²) < 4.78 is 1.60. The zero-order valence-corrected chi connectivity index (χ0v) is 11.1. The van der Waals surface area contributed by atoms with Crippen molar-refractivity contribution in [1.29, 1.82) is 0 Å². The number of pyridine rings is 2. The molecular weight excluding hydrogens is 252 g/mol. The van der Waals surface area contributed by atoms with Crippen molar-refractivity contribution < 1.29 is 4.79 Å². The number of nitrogens with one attached hydrogen (secondary N) is 1. The van der Waals surface area contributed by atoms with Crippen molar-refractivity contribution >= 4 is 16.9 Å². The maximum atomic E-state index is 12.0. The van der Waals surface area contributed by atoms with Gasteiger partial charge in [-0.2, -0.15) is 0 Å². The van der Waals surface area contributed by atoms with Gasteiger partial charge in [-0.15, -0.1) is 0 Å². The largest absolute Gasteiger partial charge is 0.338 e. The maximum Gasteiger partial charge on any atom is 0.326 e. The highest BCUT2D eigenvalue weighted by Crippen LogP contribution is 2.22. The summed E-state index contributed by atoms with van der Waals surface area (Å²) in [6.07, 6.45) is 7.00. The molecule has 100 valence electrons. The molecule has 0 aliphatic rings. The van der Waals surface area contributed by atoms with E-state index >= 15 is 0 Å². The van der Waals surface area contributed by atoms with Crippen LogP contribution in [0.15, 0.2) is 49.1 Å². The molecule has 3 aromatic rings. The Labute approximate surface area is 116 Å². The van der Waals surface area contributed by atoms with Gasteiger partial charge in [-0.25, -0.2) is 4.79 Å². The number of amides is 1. The molecule has 1 amide bonds. The Bertz CT molecular complexity index is 749. The molecule has 0 atom stereocenters. The predicted octanol–water partition coefficient (Wildman–Crippen LogP) is 2.68. The van der Waals surface area contributed by atoms with Gasteiger partial charge in [0.1, 0.15) is 0 Å². The molecule has 0 spiro atoms. The molecule has 0 aliphatic heterocycles. The molecule has 0 unspecified atom stereocenters. The molecule has 5 heteroatoms. The quantitative estimate of drug-likeness (QED) is 0.775. The number of aromatic nitrogens is 3. The number of carbonyl (C=O) groups excluding carboxylic acids is 1. The average Bonchev–Trinajstić information content (AvgIpc) is 2.91. The van der Waals surface area contributed by atoms with Gasteiger partial charge in [-0.05, 0) is 31.2 Å². The molecule has 3 rings (SSSR count). The summed E-state index contributed by atoms with van der Waals surface area (Å²) in [5.41, 5.74) is 2.57. The fourth-order valence-corrected chi connectivity index (χ4v) is 2.11. The van der Waals surface area contributed by atoms with Gasteiger partial charge in [0.25, 0.3) is 0 Å². The van der Waals surface area contributed by atoms with E-state index < -0.39 is 0 Å². The molecule has 3 heterocycles. The van der Waals surface area contributed by atoms with Gasteiger partial charge in [-0.3, -0.25) is 14.5 Å². The first kappa shape index (κ1) is 12.3. The van der Waals surface area contributed by atoms with Gasteiger partial charge in [0.15, 0.2) is 0 Å². The average molecular weight is 266 g/mol. The second-order valence-electron chi connectivity index (χ2n) is 4.39. The van der Waals surface area contributed by atoms with E-state index in [4.69, 9.17) is 0 Å². The van der Waals surface area contributed by atoms with E-state index in [1.54, 1.807) is 29.4 Å². The van der Waals surface area contributed by atoms with E-state index in [9.17, 15) is 4.79 Å². The summed E-state index contributed by atoms with van der Waals surface area (Å²) in [5.74, 6) is 0. The van der Waals surface area contributed by atoms with Crippen LogP contribution in [-0.4, -0.2) is 27.1 Å². The van der Waals surface area contributed by atoms with Crippen molar-refractivity contribution in [2.24, 2.45) is 0 Å². The number of hydrogen-bond donors (Lipinski definition) is 1. The lowest BCUT2D eigenvalue weighted by Crippen LogP contribution is -2.27. The molecule has 0 aliphatic carbocycles. The second kappa shape index (κ2) is 5.13. The van der Waals surface area contributed by atoms with Crippen molar-refractivity contribution in [3.05, 3.63) is 49.1 Å². The fraction of sp³-hybridized carbons (Fsp3) is 0.133. The molecule has 0 saturated heterocycles. The number of rotatable bonds is 2. The van der Waals surface area contributed by atoms with Crippen LogP contribution in [-0.2, 0) is 0 Å². The Balaban J connectivity index is 2.10. The highest BCUT2D eigenvalue weighted by Gasteiger charge is 2.09. The molecule has 1 N–H and O–H groups in total. The van der Waals surface area contributed by atoms with Crippen LogP contribution in [0.2, 0.25) is 0 Å². The Kier molecular flexibility index (Phi) is 3.16. The molecule has 5 nitrogen and oxygen atoms in total. The zero-order valence-electron chi connectivity index (χ0n) is 11.1. The van der Waals surface area contributed by atoms with Crippen molar-refractivity contribution in [3.8, 4) is 11.3 Å². The topological polar surface area (TPSA) is 59.8 Å². The Morgan fingerprint density at radius 2 is 2.25 bits per heavy atom. The highest BCUT2D eigenvalue weighted by molar-refractivity contribution is 5.92. The van der Waals surface area contributed by atoms with Crippen LogP contribution in [0.3, 0.4) is 0 Å². The third kappa shape index (κ3) is 2.14. The number of hydrogen-bond acceptors (Lipinski definition) is 3. The number of carbonyl (C=O) groups is 1. The van der Waals surface area contributed by atoms with Crippen molar-refractivity contribution in [2.45, 2.75) is 6.92 Å². The lowest BCUT2D eigenvalue weighted by molar-refractivity contribution is 0.244. The summed E-state index contributed by atoms with van der Waals surface area (Å²) in [5, 5.41) is 3.72. The first-order chi connectivity index (χ1) is 9.79. The van der Waals surface area contributed by atoms with Crippen molar-refractivity contribution in [1.82, 2.24) is 19.9 Å². The monoisotopic (exact) mass is 266 g/mol. The van der Waals surface area contributed by atoms with Gasteiger partial charge in [-0.1, -0.05) is 0 Å². The minimum absolute atomic E-state index is 0.133. The first-order valence-corrected chi connectivity index (χ1v) is 6.45. The van der Waals surface area contributed by atoms with E-state index in [-0.39, 0.29) is 6.03 Å². The lowest BCUT2D eigenvalue weighted by atomic mass is 10.2. The second-order valence-corrected chi connectivity index (χ2v) is 4.39. The SMILES string of the molecule is CCNC(=O)n1ccc2cnc(-c3cccnc3)cc21. The molecular formula is C15H14N4O. The van der Waals surface area contributed by atoms with Crippen LogP contribution in [0.1, 0.15) is 6.92 Å². The summed E-state index contributed by atoms with van der Waals surface area (Å²) in [6, 6.07) is 7.46. The Morgan fingerprint density at radius 3 is 3.00 bits per heavy atom. The van der Waals surface area contributed by atoms with Crippen LogP contribution in [0, 0.1) is 0 Å². The lowest BCUT2D eigenvalue weighted by Gasteiger charge is -2.06. The van der Waals surface area contributed by atoms with Crippen LogP contribution >= 0.6 is 0 Å². The van der Waals surface area contributed by atoms with Crippen LogP contribution in [0.5, 0.6) is 0 Å². The van der Waals surface area contributed by atoms with E-state index in [1.165, 1.54) is 0 Å². The predicted molar refractivity (Wildman–Crippen MR) is 77.4 cm³/mol. The zero-order chi connectivity index (χ0) is 13.9. The van der Waals surface area contributed by atoms with Crippen molar-refractivity contribution in [3.63, 3.8) is 0 Å². The summed E-state index contributed by atoms with van der Waals surface area (Å²) >= 11 is 0. The van der Waals surface area contributed by atoms with Gasteiger partial charge in [0, 0.05) is 42.3 Å². The van der Waals surface area contributed by atoms with E-state index in [1.807, 2.05) is 31.2 Å². The van der Waals surface area contributed by atoms with Gasteiger partial charge in [0.05, 0.1) is 11.2 Å². The Morgan fingerprint density at radius 1 is 1.35 bits per heavy atom. The minimum atomic E-state index is -0.133. The summed E-state index contributed by atoms with van der Waals surface area (Å²) in [4.78, 5) is 20.5. The van der Waals surface area contributed by atoms with Gasteiger partial charge in [0.2, 0.25) is 0 Å². The number of nitrogens with zero attached hydrogens (tertiary/aromatic N) is 3. The van der Waals surface area contributed by atoms with E-state index in [2.05, 4.69) is 15.3 Å². The smallest absolute Gasteiger partial charge is 0.326 e. The van der Waals surface area contributed by atoms with Crippen LogP contribution < -0.4 is 5.32 Å². The molecule has 20 heavy (non-hydrogen) atoms. The highest BCUT2D eigenvalue weighted by atomic mass is 16.2. The molecule has 0 saturated carbocycles. The molecule has 0 fully saturated rings.